The molecule has 0 heterocycles. The number of allylic oxidation sites excluding steroid dienone is 8. The smallest absolute Gasteiger partial charge is 1.00 e. The quantitative estimate of drug-likeness (QED) is 0.674. The normalized spacial score (nSPS) is 15.4. The van der Waals surface area contributed by atoms with Crippen molar-refractivity contribution in [3.63, 3.8) is 0 Å². The molecule has 0 spiro atoms. The number of hydrogen-bond acceptors (Lipinski definition) is 0. The van der Waals surface area contributed by atoms with E-state index in [0.29, 0.717) is 0 Å². The molecule has 0 aromatic heterocycles. The van der Waals surface area contributed by atoms with E-state index in [1.807, 2.05) is 0 Å². The Morgan fingerprint density at radius 2 is 1.38 bits per heavy atom. The van der Waals surface area contributed by atoms with Gasteiger partial charge in [-0.2, -0.15) is 12.2 Å². The molecule has 16 heavy (non-hydrogen) atoms. The van der Waals surface area contributed by atoms with Gasteiger partial charge in [0.1, 0.15) is 0 Å². The van der Waals surface area contributed by atoms with Crippen LogP contribution in [0.1, 0.15) is 41.0 Å². The molecule has 2 aliphatic rings. The maximum absolute atomic E-state index is 3.21. The van der Waals surface area contributed by atoms with Gasteiger partial charge in [-0.05, 0) is 0 Å². The Labute approximate surface area is 127 Å². The van der Waals surface area contributed by atoms with Crippen LogP contribution in [0.25, 0.3) is 0 Å². The molecule has 2 heteroatoms. The zero-order valence-corrected chi connectivity index (χ0v) is 13.2. The molecular weight excluding hydrogens is 295 g/mol. The van der Waals surface area contributed by atoms with Crippen molar-refractivity contribution in [1.29, 1.82) is 0 Å². The van der Waals surface area contributed by atoms with Gasteiger partial charge in [0.25, 0.3) is 0 Å². The van der Waals surface area contributed by atoms with E-state index in [1.165, 1.54) is 11.1 Å². The van der Waals surface area contributed by atoms with Gasteiger partial charge < -0.3 is 13.8 Å². The van der Waals surface area contributed by atoms with E-state index in [9.17, 15) is 0 Å². The first kappa shape index (κ1) is 18.5. The molecule has 2 aliphatic carbocycles. The van der Waals surface area contributed by atoms with Crippen LogP contribution in [-0.4, -0.2) is 0 Å². The van der Waals surface area contributed by atoms with Crippen molar-refractivity contribution in [3.8, 4) is 0 Å². The van der Waals surface area contributed by atoms with Gasteiger partial charge in [0.05, 0.1) is 0 Å². The fourth-order valence-corrected chi connectivity index (χ4v) is 1.39. The van der Waals surface area contributed by atoms with Crippen LogP contribution in [0, 0.1) is 12.2 Å². The Kier molecular flexibility index (Phi) is 13.4. The minimum atomic E-state index is 0. The van der Waals surface area contributed by atoms with Gasteiger partial charge in [0.15, 0.2) is 0 Å². The van der Waals surface area contributed by atoms with Crippen LogP contribution >= 0.6 is 0 Å². The molecule has 0 bridgehead atoms. The van der Waals surface area contributed by atoms with Crippen LogP contribution in [0.5, 0.6) is 0 Å². The number of rotatable bonds is 2. The molecule has 0 aromatic rings. The summed E-state index contributed by atoms with van der Waals surface area (Å²) < 4.78 is 0. The Hall–Kier alpha value is 0.133. The molecule has 2 rings (SSSR count). The molecule has 0 aliphatic heterocycles. The molecule has 0 N–H and O–H groups in total. The fourth-order valence-electron chi connectivity index (χ4n) is 1.39. The molecule has 0 aromatic carbocycles. The van der Waals surface area contributed by atoms with Gasteiger partial charge in [-0.25, -0.2) is 23.3 Å². The fraction of sp³-hybridized carbons (Fsp3) is 0.429. The third-order valence-electron chi connectivity index (χ3n) is 2.29. The summed E-state index contributed by atoms with van der Waals surface area (Å²) in [5.41, 5.74) is 2.72. The Balaban J connectivity index is -0.000000196. The van der Waals surface area contributed by atoms with Crippen molar-refractivity contribution in [2.75, 3.05) is 0 Å². The molecule has 0 unspecified atom stereocenters. The maximum atomic E-state index is 3.21. The number of hydrogen-bond donors (Lipinski definition) is 0. The summed E-state index contributed by atoms with van der Waals surface area (Å²) >= 11 is 0. The van der Waals surface area contributed by atoms with Crippen molar-refractivity contribution >= 4 is 0 Å². The second kappa shape index (κ2) is 11.6. The van der Waals surface area contributed by atoms with Crippen LogP contribution in [0.15, 0.2) is 35.5 Å². The molecule has 86 valence electrons. The van der Waals surface area contributed by atoms with Crippen LogP contribution in [-0.2, 0) is 26.2 Å². The largest absolute Gasteiger partial charge is 4.00 e. The first-order valence-electron chi connectivity index (χ1n) is 5.39. The summed E-state index contributed by atoms with van der Waals surface area (Å²) in [6, 6.07) is 0. The standard InChI is InChI=1S/2C7H9.ClH.Zr.H/c2*1-2-7-5-3-4-6-7;;;/h2*3,5H,2,4H2,1H3;1H;;/q2*-1;;+4;-1/p-1. The first-order chi connectivity index (χ1) is 6.86. The molecule has 0 amide bonds. The Morgan fingerprint density at radius 1 is 1.00 bits per heavy atom. The summed E-state index contributed by atoms with van der Waals surface area (Å²) in [5, 5.41) is 0. The molecule has 0 radical (unpaired) electrons. The second-order valence-electron chi connectivity index (χ2n) is 3.32. The van der Waals surface area contributed by atoms with Gasteiger partial charge >= 0.3 is 26.2 Å². The van der Waals surface area contributed by atoms with Crippen molar-refractivity contribution in [2.24, 2.45) is 0 Å². The van der Waals surface area contributed by atoms with E-state index >= 15 is 0 Å². The predicted molar refractivity (Wildman–Crippen MR) is 62.7 cm³/mol. The van der Waals surface area contributed by atoms with Gasteiger partial charge in [0.2, 0.25) is 0 Å². The van der Waals surface area contributed by atoms with Crippen LogP contribution in [0.3, 0.4) is 0 Å². The third kappa shape index (κ3) is 7.41. The number of halogens is 1. The first-order valence-corrected chi connectivity index (χ1v) is 5.39. The molecule has 0 atom stereocenters. The van der Waals surface area contributed by atoms with Crippen LogP contribution < -0.4 is 12.4 Å². The zero-order chi connectivity index (χ0) is 10.2. The van der Waals surface area contributed by atoms with Crippen molar-refractivity contribution in [2.45, 2.75) is 39.5 Å². The van der Waals surface area contributed by atoms with E-state index in [0.717, 1.165) is 25.7 Å². The summed E-state index contributed by atoms with van der Waals surface area (Å²) in [6.07, 6.45) is 19.3. The molecule has 0 saturated heterocycles. The maximum Gasteiger partial charge on any atom is 4.00 e. The Morgan fingerprint density at radius 3 is 1.50 bits per heavy atom. The monoisotopic (exact) mass is 312 g/mol. The molecule has 0 nitrogen and oxygen atoms in total. The van der Waals surface area contributed by atoms with Crippen molar-refractivity contribution < 1.29 is 40.0 Å². The van der Waals surface area contributed by atoms with Crippen molar-refractivity contribution in [1.82, 2.24) is 0 Å². The van der Waals surface area contributed by atoms with Gasteiger partial charge in [-0.15, -0.1) is 12.8 Å². The van der Waals surface area contributed by atoms with Crippen LogP contribution in [0.4, 0.5) is 0 Å². The topological polar surface area (TPSA) is 0 Å². The van der Waals surface area contributed by atoms with Gasteiger partial charge in [-0.3, -0.25) is 12.2 Å². The summed E-state index contributed by atoms with van der Waals surface area (Å²) in [4.78, 5) is 0. The van der Waals surface area contributed by atoms with E-state index in [-0.39, 0.29) is 40.0 Å². The zero-order valence-electron chi connectivity index (χ0n) is 11.0. The van der Waals surface area contributed by atoms with E-state index in [2.05, 4.69) is 50.3 Å². The minimum Gasteiger partial charge on any atom is -1.00 e. The van der Waals surface area contributed by atoms with Gasteiger partial charge in [0, 0.05) is 0 Å². The average Bonchev–Trinajstić information content (AvgIpc) is 2.92. The van der Waals surface area contributed by atoms with E-state index in [4.69, 9.17) is 0 Å². The summed E-state index contributed by atoms with van der Waals surface area (Å²) in [7, 11) is 0. The van der Waals surface area contributed by atoms with Gasteiger partial charge in [-0.1, -0.05) is 26.7 Å². The summed E-state index contributed by atoms with van der Waals surface area (Å²) in [5.74, 6) is 0. The summed E-state index contributed by atoms with van der Waals surface area (Å²) in [6.45, 7) is 4.30. The average molecular weight is 314 g/mol. The molecular formula is C14H19ClZr. The predicted octanol–water partition coefficient (Wildman–Crippen LogP) is 1.29. The molecule has 0 saturated carbocycles. The van der Waals surface area contributed by atoms with E-state index < -0.39 is 0 Å². The second-order valence-corrected chi connectivity index (χ2v) is 3.32. The van der Waals surface area contributed by atoms with Crippen LogP contribution in [0.2, 0.25) is 0 Å². The Bertz CT molecular complexity index is 261. The van der Waals surface area contributed by atoms with E-state index in [1.54, 1.807) is 0 Å². The van der Waals surface area contributed by atoms with Crippen molar-refractivity contribution in [3.05, 3.63) is 47.6 Å². The SMILES string of the molecule is CCC1=[C-]CC=C1.CCC1=[C-]CC=C1.[Cl-].[H-].[Zr+4]. The minimum absolute atomic E-state index is 0. The molecule has 0 fully saturated rings. The third-order valence-corrected chi connectivity index (χ3v) is 2.29.